The maximum atomic E-state index is 11.4. The third-order valence-electron chi connectivity index (χ3n) is 4.16. The molecule has 9 nitrogen and oxygen atoms in total. The zero-order valence-corrected chi connectivity index (χ0v) is 18.8. The third kappa shape index (κ3) is 4.31. The molecule has 1 aromatic heterocycles. The molecule has 0 bridgehead atoms. The minimum absolute atomic E-state index is 0. The summed E-state index contributed by atoms with van der Waals surface area (Å²) in [5, 5.41) is 19.5. The van der Waals surface area contributed by atoms with Gasteiger partial charge in [-0.2, -0.15) is 0 Å². The van der Waals surface area contributed by atoms with Crippen LogP contribution in [0.2, 0.25) is 0 Å². The normalized spacial score (nSPS) is 10.1. The molecule has 0 saturated heterocycles. The molecule has 0 N–H and O–H groups in total. The number of carbonyl (C=O) groups excluding carboxylic acids is 1. The van der Waals surface area contributed by atoms with E-state index in [0.29, 0.717) is 34.2 Å². The smallest absolute Gasteiger partial charge is 0.545 e. The summed E-state index contributed by atoms with van der Waals surface area (Å²) >= 11 is 0. The first-order chi connectivity index (χ1) is 13.5. The number of rotatable bonds is 7. The van der Waals surface area contributed by atoms with Crippen molar-refractivity contribution >= 4 is 5.97 Å². The van der Waals surface area contributed by atoms with Gasteiger partial charge in [0.1, 0.15) is 5.75 Å². The van der Waals surface area contributed by atoms with E-state index in [2.05, 4.69) is 10.3 Å². The number of carboxylic acid groups (broad SMARTS) is 1. The number of aromatic carboxylic acids is 1. The zero-order valence-electron chi connectivity index (χ0n) is 16.8. The number of benzene rings is 2. The minimum atomic E-state index is -1.34. The Morgan fingerprint density at radius 2 is 1.55 bits per heavy atom. The number of methoxy groups -OCH3 is 4. The van der Waals surface area contributed by atoms with Crippen molar-refractivity contribution in [3.8, 4) is 39.9 Å². The Balaban J connectivity index is 0.00000300. The summed E-state index contributed by atoms with van der Waals surface area (Å²) in [6.07, 6.45) is 1.52. The van der Waals surface area contributed by atoms with Crippen LogP contribution < -0.4 is 53.6 Å². The Kier molecular flexibility index (Phi) is 7.49. The first-order valence-corrected chi connectivity index (χ1v) is 8.14. The first-order valence-electron chi connectivity index (χ1n) is 8.14. The Bertz CT molecular complexity index is 996. The van der Waals surface area contributed by atoms with Gasteiger partial charge in [0.2, 0.25) is 5.75 Å². The van der Waals surface area contributed by atoms with Crippen LogP contribution in [0.4, 0.5) is 0 Å². The Morgan fingerprint density at radius 1 is 0.931 bits per heavy atom. The molecule has 0 aliphatic carbocycles. The van der Waals surface area contributed by atoms with Crippen LogP contribution in [0.5, 0.6) is 23.0 Å². The number of aromatic nitrogens is 3. The van der Waals surface area contributed by atoms with E-state index < -0.39 is 5.97 Å². The van der Waals surface area contributed by atoms with Gasteiger partial charge in [-0.3, -0.25) is 0 Å². The van der Waals surface area contributed by atoms with Gasteiger partial charge in [-0.05, 0) is 18.2 Å². The van der Waals surface area contributed by atoms with Crippen LogP contribution in [0.3, 0.4) is 0 Å². The molecule has 3 rings (SSSR count). The SMILES string of the molecule is COc1ccc(-c2cnnn2-c2cc(OC)c(OC)c(OC)c2)cc1C(=O)[O-].[Na+]. The number of nitrogens with zero attached hydrogens (tertiary/aromatic N) is 3. The number of hydrogen-bond donors (Lipinski definition) is 0. The minimum Gasteiger partial charge on any atom is -0.545 e. The summed E-state index contributed by atoms with van der Waals surface area (Å²) in [6, 6.07) is 8.12. The molecular formula is C19H18N3NaO6. The molecule has 1 heterocycles. The van der Waals surface area contributed by atoms with Crippen LogP contribution in [-0.2, 0) is 0 Å². The number of hydrogen-bond acceptors (Lipinski definition) is 8. The van der Waals surface area contributed by atoms with Gasteiger partial charge in [0, 0.05) is 23.3 Å². The maximum Gasteiger partial charge on any atom is 1.00 e. The summed E-state index contributed by atoms with van der Waals surface area (Å²) in [7, 11) is 5.93. The monoisotopic (exact) mass is 407 g/mol. The fourth-order valence-electron chi connectivity index (χ4n) is 2.84. The van der Waals surface area contributed by atoms with Crippen molar-refractivity contribution in [1.29, 1.82) is 0 Å². The summed E-state index contributed by atoms with van der Waals surface area (Å²) in [5.41, 5.74) is 1.64. The van der Waals surface area contributed by atoms with Gasteiger partial charge in [-0.25, -0.2) is 4.68 Å². The van der Waals surface area contributed by atoms with Gasteiger partial charge in [0.25, 0.3) is 0 Å². The number of ether oxygens (including phenoxy) is 4. The molecule has 146 valence electrons. The molecule has 10 heteroatoms. The molecule has 2 aromatic carbocycles. The fraction of sp³-hybridized carbons (Fsp3) is 0.211. The summed E-state index contributed by atoms with van der Waals surface area (Å²) in [6.45, 7) is 0. The molecular weight excluding hydrogens is 389 g/mol. The zero-order chi connectivity index (χ0) is 20.3. The van der Waals surface area contributed by atoms with Gasteiger partial charge < -0.3 is 28.8 Å². The summed E-state index contributed by atoms with van der Waals surface area (Å²) in [5.74, 6) is 0.201. The second kappa shape index (κ2) is 9.64. The van der Waals surface area contributed by atoms with Crippen molar-refractivity contribution in [3.63, 3.8) is 0 Å². The van der Waals surface area contributed by atoms with Crippen LogP contribution >= 0.6 is 0 Å². The molecule has 0 fully saturated rings. The Morgan fingerprint density at radius 3 is 2.07 bits per heavy atom. The van der Waals surface area contributed by atoms with Crippen molar-refractivity contribution in [3.05, 3.63) is 42.1 Å². The fourth-order valence-corrected chi connectivity index (χ4v) is 2.84. The van der Waals surface area contributed by atoms with E-state index in [9.17, 15) is 9.90 Å². The molecule has 0 aliphatic rings. The van der Waals surface area contributed by atoms with Crippen molar-refractivity contribution in [2.24, 2.45) is 0 Å². The standard InChI is InChI=1S/C19H19N3O6.Na/c1-25-15-6-5-11(7-13(15)19(23)24)14-10-20-21-22(14)12-8-16(26-2)18(28-4)17(9-12)27-3;/h5-10H,1-4H3,(H,23,24);/q;+1/p-1. The molecule has 0 unspecified atom stereocenters. The molecule has 0 spiro atoms. The first kappa shape index (κ1) is 22.5. The number of carbonyl (C=O) groups is 1. The topological polar surface area (TPSA) is 108 Å². The van der Waals surface area contributed by atoms with E-state index in [-0.39, 0.29) is 40.9 Å². The van der Waals surface area contributed by atoms with Crippen molar-refractivity contribution in [2.75, 3.05) is 28.4 Å². The van der Waals surface area contributed by atoms with Crippen LogP contribution in [0, 0.1) is 0 Å². The van der Waals surface area contributed by atoms with Crippen molar-refractivity contribution in [2.45, 2.75) is 0 Å². The molecule has 0 aliphatic heterocycles. The predicted octanol–water partition coefficient (Wildman–Crippen LogP) is -1.66. The molecule has 0 saturated carbocycles. The van der Waals surface area contributed by atoms with Crippen LogP contribution in [0.25, 0.3) is 16.9 Å². The van der Waals surface area contributed by atoms with Crippen LogP contribution in [0.15, 0.2) is 36.5 Å². The van der Waals surface area contributed by atoms with Gasteiger partial charge in [0.05, 0.1) is 52.0 Å². The third-order valence-corrected chi connectivity index (χ3v) is 4.16. The van der Waals surface area contributed by atoms with E-state index in [4.69, 9.17) is 18.9 Å². The van der Waals surface area contributed by atoms with Crippen molar-refractivity contribution in [1.82, 2.24) is 15.0 Å². The van der Waals surface area contributed by atoms with Gasteiger partial charge in [-0.15, -0.1) is 5.10 Å². The van der Waals surface area contributed by atoms with Gasteiger partial charge in [0.15, 0.2) is 11.5 Å². The Labute approximate surface area is 189 Å². The Hall–Kier alpha value is -2.75. The van der Waals surface area contributed by atoms with E-state index in [1.807, 2.05) is 0 Å². The second-order valence-electron chi connectivity index (χ2n) is 5.62. The molecule has 0 amide bonds. The maximum absolute atomic E-state index is 11.4. The number of carboxylic acids is 1. The molecule has 29 heavy (non-hydrogen) atoms. The second-order valence-corrected chi connectivity index (χ2v) is 5.62. The van der Waals surface area contributed by atoms with E-state index >= 15 is 0 Å². The van der Waals surface area contributed by atoms with E-state index in [1.54, 1.807) is 24.3 Å². The molecule has 3 aromatic rings. The predicted molar refractivity (Wildman–Crippen MR) is 97.3 cm³/mol. The van der Waals surface area contributed by atoms with E-state index in [1.165, 1.54) is 45.4 Å². The quantitative estimate of drug-likeness (QED) is 0.428. The summed E-state index contributed by atoms with van der Waals surface area (Å²) < 4.78 is 22.7. The van der Waals surface area contributed by atoms with Crippen molar-refractivity contribution < 1.29 is 58.4 Å². The largest absolute Gasteiger partial charge is 1.00 e. The molecule has 0 radical (unpaired) electrons. The average Bonchev–Trinajstić information content (AvgIpc) is 3.21. The van der Waals surface area contributed by atoms with Crippen LogP contribution in [-0.4, -0.2) is 49.4 Å². The van der Waals surface area contributed by atoms with Gasteiger partial charge >= 0.3 is 29.6 Å². The summed E-state index contributed by atoms with van der Waals surface area (Å²) in [4.78, 5) is 11.4. The van der Waals surface area contributed by atoms with E-state index in [0.717, 1.165) is 0 Å². The molecule has 0 atom stereocenters. The van der Waals surface area contributed by atoms with Gasteiger partial charge in [-0.1, -0.05) is 5.21 Å². The average molecular weight is 407 g/mol. The van der Waals surface area contributed by atoms with Crippen LogP contribution in [0.1, 0.15) is 10.4 Å².